The maximum atomic E-state index is 11.7. The fourth-order valence-corrected chi connectivity index (χ4v) is 2.31. The number of benzene rings is 2. The van der Waals surface area contributed by atoms with E-state index in [2.05, 4.69) is 0 Å². The normalized spacial score (nSPS) is 11.8. The lowest BCUT2D eigenvalue weighted by atomic mass is 10.00. The third kappa shape index (κ3) is 5.08. The van der Waals surface area contributed by atoms with E-state index in [1.54, 1.807) is 43.3 Å². The average Bonchev–Trinajstić information content (AvgIpc) is 2.67. The van der Waals surface area contributed by atoms with Crippen LogP contribution in [0.3, 0.4) is 0 Å². The number of allylic oxidation sites excluding steroid dienone is 2. The minimum atomic E-state index is -0.508. The number of carbonyl (C=O) groups excluding carboxylic acids is 1. The summed E-state index contributed by atoms with van der Waals surface area (Å²) in [4.78, 5) is 32.3. The molecule has 138 valence electrons. The van der Waals surface area contributed by atoms with Gasteiger partial charge >= 0.3 is 5.97 Å². The highest BCUT2D eigenvalue weighted by atomic mass is 16.6. The molecule has 0 unspecified atom stereocenters. The van der Waals surface area contributed by atoms with E-state index in [1.807, 2.05) is 0 Å². The minimum Gasteiger partial charge on any atom is -0.466 e. The van der Waals surface area contributed by atoms with E-state index in [4.69, 9.17) is 4.74 Å². The number of hydrogen-bond acceptors (Lipinski definition) is 6. The first-order valence-corrected chi connectivity index (χ1v) is 7.79. The molecule has 0 aliphatic rings. The molecule has 0 amide bonds. The quantitative estimate of drug-likeness (QED) is 0.189. The van der Waals surface area contributed by atoms with Crippen LogP contribution in [-0.4, -0.2) is 22.9 Å². The molecule has 0 aliphatic carbocycles. The van der Waals surface area contributed by atoms with E-state index in [1.165, 1.54) is 31.4 Å². The van der Waals surface area contributed by atoms with Gasteiger partial charge in [-0.25, -0.2) is 4.79 Å². The van der Waals surface area contributed by atoms with Gasteiger partial charge in [-0.05, 0) is 60.0 Å². The first-order chi connectivity index (χ1) is 12.8. The number of nitrogens with zero attached hydrogens (tertiary/aromatic N) is 2. The van der Waals surface area contributed by atoms with Crippen molar-refractivity contribution in [1.82, 2.24) is 0 Å². The summed E-state index contributed by atoms with van der Waals surface area (Å²) in [7, 11) is 1.27. The van der Waals surface area contributed by atoms with Crippen molar-refractivity contribution in [2.45, 2.75) is 6.92 Å². The lowest BCUT2D eigenvalue weighted by Gasteiger charge is -2.06. The van der Waals surface area contributed by atoms with Crippen molar-refractivity contribution < 1.29 is 19.4 Å². The predicted molar refractivity (Wildman–Crippen MR) is 99.8 cm³/mol. The van der Waals surface area contributed by atoms with Crippen LogP contribution in [0.5, 0.6) is 0 Å². The van der Waals surface area contributed by atoms with Gasteiger partial charge in [0.1, 0.15) is 0 Å². The largest absolute Gasteiger partial charge is 0.466 e. The molecular weight excluding hydrogens is 352 g/mol. The molecule has 0 atom stereocenters. The van der Waals surface area contributed by atoms with Gasteiger partial charge in [-0.1, -0.05) is 0 Å². The summed E-state index contributed by atoms with van der Waals surface area (Å²) in [5, 5.41) is 21.6. The Morgan fingerprint density at radius 3 is 1.85 bits per heavy atom. The van der Waals surface area contributed by atoms with Crippen LogP contribution in [0.2, 0.25) is 0 Å². The zero-order valence-corrected chi connectivity index (χ0v) is 14.6. The van der Waals surface area contributed by atoms with E-state index in [-0.39, 0.29) is 11.4 Å². The van der Waals surface area contributed by atoms with E-state index < -0.39 is 15.8 Å². The highest BCUT2D eigenvalue weighted by Gasteiger charge is 2.10. The number of ether oxygens (including phenoxy) is 1. The summed E-state index contributed by atoms with van der Waals surface area (Å²) >= 11 is 0. The molecular formula is C19H16N2O6. The number of esters is 1. The Balaban J connectivity index is 2.50. The van der Waals surface area contributed by atoms with Crippen molar-refractivity contribution in [2.75, 3.05) is 7.11 Å². The number of nitro benzene ring substituents is 2. The molecule has 2 aromatic carbocycles. The van der Waals surface area contributed by atoms with E-state index in [0.717, 1.165) is 0 Å². The van der Waals surface area contributed by atoms with Crippen molar-refractivity contribution in [3.8, 4) is 0 Å². The van der Waals surface area contributed by atoms with Gasteiger partial charge in [-0.15, -0.1) is 0 Å². The molecule has 0 radical (unpaired) electrons. The lowest BCUT2D eigenvalue weighted by molar-refractivity contribution is -0.385. The second kappa shape index (κ2) is 8.52. The highest BCUT2D eigenvalue weighted by Crippen LogP contribution is 2.24. The fourth-order valence-electron chi connectivity index (χ4n) is 2.31. The summed E-state index contributed by atoms with van der Waals surface area (Å²) < 4.78 is 4.69. The number of methoxy groups -OCH3 is 1. The molecule has 0 aliphatic heterocycles. The summed E-state index contributed by atoms with van der Waals surface area (Å²) in [6, 6.07) is 11.7. The second-order valence-electron chi connectivity index (χ2n) is 5.57. The lowest BCUT2D eigenvalue weighted by Crippen LogP contribution is -2.01. The number of rotatable bonds is 6. The summed E-state index contributed by atoms with van der Waals surface area (Å²) in [5.41, 5.74) is 2.16. The van der Waals surface area contributed by atoms with Crippen LogP contribution in [0, 0.1) is 20.2 Å². The maximum Gasteiger partial charge on any atom is 0.333 e. The first kappa shape index (κ1) is 19.5. The third-order valence-corrected chi connectivity index (χ3v) is 3.72. The Bertz CT molecular complexity index is 928. The topological polar surface area (TPSA) is 113 Å². The van der Waals surface area contributed by atoms with Gasteiger partial charge in [0.2, 0.25) is 0 Å². The van der Waals surface area contributed by atoms with Gasteiger partial charge in [0.15, 0.2) is 0 Å². The molecule has 0 fully saturated rings. The maximum absolute atomic E-state index is 11.7. The SMILES string of the molecule is COC(=O)/C(C)=C/C(=C/c1ccc([N+](=O)[O-])cc1)c1ccc([N+](=O)[O-])cc1. The molecule has 0 heterocycles. The third-order valence-electron chi connectivity index (χ3n) is 3.72. The van der Waals surface area contributed by atoms with Crippen molar-refractivity contribution in [1.29, 1.82) is 0 Å². The molecule has 0 N–H and O–H groups in total. The van der Waals surface area contributed by atoms with Crippen LogP contribution >= 0.6 is 0 Å². The molecule has 0 bridgehead atoms. The molecule has 8 heteroatoms. The molecule has 2 aromatic rings. The molecule has 27 heavy (non-hydrogen) atoms. The Hall–Kier alpha value is -3.81. The minimum absolute atomic E-state index is 0.0367. The average molecular weight is 368 g/mol. The standard InChI is InChI=1S/C19H16N2O6/c1-13(19(22)27-2)11-16(15-5-9-18(10-6-15)21(25)26)12-14-3-7-17(8-4-14)20(23)24/h3-12H,1-2H3/b13-11+,16-12-. The number of nitro groups is 2. The van der Waals surface area contributed by atoms with Crippen molar-refractivity contribution in [3.05, 3.63) is 91.5 Å². The monoisotopic (exact) mass is 368 g/mol. The fraction of sp³-hybridized carbons (Fsp3) is 0.105. The Labute approximate surface area is 154 Å². The van der Waals surface area contributed by atoms with Gasteiger partial charge in [0.05, 0.1) is 17.0 Å². The van der Waals surface area contributed by atoms with Gasteiger partial charge < -0.3 is 4.74 Å². The van der Waals surface area contributed by atoms with Gasteiger partial charge in [0, 0.05) is 29.8 Å². The van der Waals surface area contributed by atoms with Crippen LogP contribution in [0.15, 0.2) is 60.2 Å². The van der Waals surface area contributed by atoms with Crippen LogP contribution in [-0.2, 0) is 9.53 Å². The molecule has 0 spiro atoms. The van der Waals surface area contributed by atoms with Crippen LogP contribution in [0.4, 0.5) is 11.4 Å². The van der Waals surface area contributed by atoms with E-state index in [0.29, 0.717) is 22.3 Å². The van der Waals surface area contributed by atoms with Gasteiger partial charge in [0.25, 0.3) is 11.4 Å². The highest BCUT2D eigenvalue weighted by molar-refractivity contribution is 5.95. The van der Waals surface area contributed by atoms with Crippen molar-refractivity contribution in [2.24, 2.45) is 0 Å². The predicted octanol–water partition coefficient (Wildman–Crippen LogP) is 4.16. The van der Waals surface area contributed by atoms with Crippen LogP contribution in [0.25, 0.3) is 11.6 Å². The summed E-state index contributed by atoms with van der Waals surface area (Å²) in [5.74, 6) is -0.508. The van der Waals surface area contributed by atoms with Crippen molar-refractivity contribution in [3.63, 3.8) is 0 Å². The number of non-ortho nitro benzene ring substituents is 2. The number of hydrogen-bond donors (Lipinski definition) is 0. The smallest absolute Gasteiger partial charge is 0.333 e. The van der Waals surface area contributed by atoms with Gasteiger partial charge in [-0.2, -0.15) is 0 Å². The first-order valence-electron chi connectivity index (χ1n) is 7.79. The molecule has 0 saturated carbocycles. The molecule has 0 aromatic heterocycles. The zero-order chi connectivity index (χ0) is 20.0. The molecule has 0 saturated heterocycles. The second-order valence-corrected chi connectivity index (χ2v) is 5.57. The van der Waals surface area contributed by atoms with Crippen LogP contribution in [0.1, 0.15) is 18.1 Å². The zero-order valence-electron chi connectivity index (χ0n) is 14.6. The van der Waals surface area contributed by atoms with E-state index in [9.17, 15) is 25.0 Å². The Morgan fingerprint density at radius 1 is 0.926 bits per heavy atom. The van der Waals surface area contributed by atoms with Gasteiger partial charge in [-0.3, -0.25) is 20.2 Å². The summed E-state index contributed by atoms with van der Waals surface area (Å²) in [6.45, 7) is 1.58. The van der Waals surface area contributed by atoms with Crippen LogP contribution < -0.4 is 0 Å². The molecule has 8 nitrogen and oxygen atoms in total. The van der Waals surface area contributed by atoms with Crippen molar-refractivity contribution >= 4 is 29.0 Å². The number of carbonyl (C=O) groups is 1. The van der Waals surface area contributed by atoms with E-state index >= 15 is 0 Å². The summed E-state index contributed by atoms with van der Waals surface area (Å²) in [6.07, 6.45) is 3.31. The Kier molecular flexibility index (Phi) is 6.16. The molecule has 2 rings (SSSR count). The Morgan fingerprint density at radius 2 is 1.41 bits per heavy atom.